The Morgan fingerprint density at radius 3 is 2.42 bits per heavy atom. The molecule has 0 aromatic carbocycles. The number of hydrogen-bond donors (Lipinski definition) is 0. The Morgan fingerprint density at radius 2 is 2.00 bits per heavy atom. The van der Waals surface area contributed by atoms with Gasteiger partial charge in [0.2, 0.25) is 0 Å². The van der Waals surface area contributed by atoms with E-state index in [2.05, 4.69) is 0 Å². The average Bonchev–Trinajstić information content (AvgIpc) is 2.71. The molecular formula is C14H21NO4. The van der Waals surface area contributed by atoms with Gasteiger partial charge in [-0.25, -0.2) is 0 Å². The lowest BCUT2D eigenvalue weighted by atomic mass is 10.0. The van der Waals surface area contributed by atoms with Crippen molar-refractivity contribution >= 4 is 11.9 Å². The van der Waals surface area contributed by atoms with Gasteiger partial charge in [-0.1, -0.05) is 0 Å². The van der Waals surface area contributed by atoms with Crippen LogP contribution in [-0.4, -0.2) is 35.5 Å². The predicted octanol–water partition coefficient (Wildman–Crippen LogP) is 2.39. The van der Waals surface area contributed by atoms with Gasteiger partial charge in [-0.15, -0.1) is 0 Å². The SMILES string of the molecule is CCOC(=O)CN(C(=O)c1coc(C)c1)C(C)(C)C. The van der Waals surface area contributed by atoms with E-state index < -0.39 is 11.5 Å². The fraction of sp³-hybridized carbons (Fsp3) is 0.571. The Labute approximate surface area is 113 Å². The molecular weight excluding hydrogens is 246 g/mol. The number of amides is 1. The number of aryl methyl sites for hydroxylation is 1. The Kier molecular flexibility index (Phi) is 4.75. The van der Waals surface area contributed by atoms with Gasteiger partial charge >= 0.3 is 5.97 Å². The second kappa shape index (κ2) is 5.91. The first-order valence-electron chi connectivity index (χ1n) is 6.28. The first-order chi connectivity index (χ1) is 8.75. The average molecular weight is 267 g/mol. The van der Waals surface area contributed by atoms with Crippen LogP contribution in [0.4, 0.5) is 0 Å². The smallest absolute Gasteiger partial charge is 0.325 e. The molecule has 0 aliphatic carbocycles. The van der Waals surface area contributed by atoms with E-state index in [0.29, 0.717) is 17.9 Å². The van der Waals surface area contributed by atoms with Crippen molar-refractivity contribution in [1.82, 2.24) is 4.90 Å². The number of nitrogens with zero attached hydrogens (tertiary/aromatic N) is 1. The molecule has 0 bridgehead atoms. The second-order valence-electron chi connectivity index (χ2n) is 5.31. The normalized spacial score (nSPS) is 11.2. The summed E-state index contributed by atoms with van der Waals surface area (Å²) in [6, 6.07) is 1.66. The number of hydrogen-bond acceptors (Lipinski definition) is 4. The van der Waals surface area contributed by atoms with Gasteiger partial charge in [0, 0.05) is 5.54 Å². The van der Waals surface area contributed by atoms with Crippen LogP contribution in [0.1, 0.15) is 43.8 Å². The fourth-order valence-electron chi connectivity index (χ4n) is 1.66. The summed E-state index contributed by atoms with van der Waals surface area (Å²) in [5.41, 5.74) is -0.0358. The monoisotopic (exact) mass is 267 g/mol. The number of esters is 1. The summed E-state index contributed by atoms with van der Waals surface area (Å²) < 4.78 is 10.0. The third-order valence-electron chi connectivity index (χ3n) is 2.62. The van der Waals surface area contributed by atoms with E-state index in [1.165, 1.54) is 11.2 Å². The topological polar surface area (TPSA) is 59.8 Å². The molecule has 1 aromatic heterocycles. The quantitative estimate of drug-likeness (QED) is 0.786. The van der Waals surface area contributed by atoms with E-state index in [0.717, 1.165) is 0 Å². The summed E-state index contributed by atoms with van der Waals surface area (Å²) in [5.74, 6) is 0.0109. The zero-order valence-corrected chi connectivity index (χ0v) is 12.1. The van der Waals surface area contributed by atoms with E-state index in [9.17, 15) is 9.59 Å². The van der Waals surface area contributed by atoms with Gasteiger partial charge in [0.15, 0.2) is 0 Å². The molecule has 1 aromatic rings. The van der Waals surface area contributed by atoms with E-state index in [-0.39, 0.29) is 12.5 Å². The molecule has 0 fully saturated rings. The molecule has 5 nitrogen and oxygen atoms in total. The van der Waals surface area contributed by atoms with Crippen LogP contribution in [0.25, 0.3) is 0 Å². The van der Waals surface area contributed by atoms with E-state index in [1.807, 2.05) is 20.8 Å². The number of carbonyl (C=O) groups is 2. The number of rotatable bonds is 4. The fourth-order valence-corrected chi connectivity index (χ4v) is 1.66. The van der Waals surface area contributed by atoms with Crippen LogP contribution in [0.3, 0.4) is 0 Å². The van der Waals surface area contributed by atoms with Crippen molar-refractivity contribution in [3.63, 3.8) is 0 Å². The maximum atomic E-state index is 12.4. The first kappa shape index (κ1) is 15.3. The Morgan fingerprint density at radius 1 is 1.37 bits per heavy atom. The summed E-state index contributed by atoms with van der Waals surface area (Å²) in [5, 5.41) is 0. The summed E-state index contributed by atoms with van der Waals surface area (Å²) in [4.78, 5) is 25.5. The van der Waals surface area contributed by atoms with Gasteiger partial charge in [-0.3, -0.25) is 9.59 Å². The molecule has 0 N–H and O–H groups in total. The van der Waals surface area contributed by atoms with E-state index in [1.54, 1.807) is 19.9 Å². The highest BCUT2D eigenvalue weighted by Gasteiger charge is 2.30. The lowest BCUT2D eigenvalue weighted by Gasteiger charge is -2.34. The lowest BCUT2D eigenvalue weighted by Crippen LogP contribution is -2.48. The molecule has 106 valence electrons. The van der Waals surface area contributed by atoms with Crippen molar-refractivity contribution in [2.24, 2.45) is 0 Å². The van der Waals surface area contributed by atoms with Crippen LogP contribution in [0, 0.1) is 6.92 Å². The minimum atomic E-state index is -0.477. The molecule has 0 atom stereocenters. The Hall–Kier alpha value is -1.78. The molecule has 0 unspecified atom stereocenters. The van der Waals surface area contributed by atoms with Crippen molar-refractivity contribution in [2.75, 3.05) is 13.2 Å². The van der Waals surface area contributed by atoms with E-state index in [4.69, 9.17) is 9.15 Å². The summed E-state index contributed by atoms with van der Waals surface area (Å²) in [7, 11) is 0. The van der Waals surface area contributed by atoms with Gasteiger partial charge in [0.05, 0.1) is 12.2 Å². The summed E-state index contributed by atoms with van der Waals surface area (Å²) >= 11 is 0. The van der Waals surface area contributed by atoms with Crippen molar-refractivity contribution in [2.45, 2.75) is 40.2 Å². The molecule has 1 rings (SSSR count). The van der Waals surface area contributed by atoms with Crippen molar-refractivity contribution in [3.8, 4) is 0 Å². The molecule has 0 radical (unpaired) electrons. The number of furan rings is 1. The van der Waals surface area contributed by atoms with Crippen molar-refractivity contribution in [3.05, 3.63) is 23.7 Å². The standard InChI is InChI=1S/C14H21NO4/c1-6-18-12(16)8-15(14(3,4)5)13(17)11-7-10(2)19-9-11/h7,9H,6,8H2,1-5H3. The largest absolute Gasteiger partial charge is 0.469 e. The molecule has 1 heterocycles. The second-order valence-corrected chi connectivity index (χ2v) is 5.31. The summed E-state index contributed by atoms with van der Waals surface area (Å²) in [6.07, 6.45) is 1.40. The molecule has 0 aliphatic rings. The molecule has 5 heteroatoms. The van der Waals surface area contributed by atoms with Crippen LogP contribution >= 0.6 is 0 Å². The predicted molar refractivity (Wildman–Crippen MR) is 70.9 cm³/mol. The highest BCUT2D eigenvalue weighted by Crippen LogP contribution is 2.18. The zero-order valence-electron chi connectivity index (χ0n) is 12.1. The highest BCUT2D eigenvalue weighted by molar-refractivity contribution is 5.96. The van der Waals surface area contributed by atoms with Gasteiger partial charge in [0.25, 0.3) is 5.91 Å². The van der Waals surface area contributed by atoms with E-state index >= 15 is 0 Å². The van der Waals surface area contributed by atoms with Crippen molar-refractivity contribution in [1.29, 1.82) is 0 Å². The van der Waals surface area contributed by atoms with Crippen LogP contribution in [-0.2, 0) is 9.53 Å². The van der Waals surface area contributed by atoms with Crippen LogP contribution in [0.5, 0.6) is 0 Å². The molecule has 0 saturated heterocycles. The Bertz CT molecular complexity index is 456. The summed E-state index contributed by atoms with van der Waals surface area (Å²) in [6.45, 7) is 9.35. The molecule has 0 spiro atoms. The van der Waals surface area contributed by atoms with Gasteiger partial charge in [0.1, 0.15) is 18.6 Å². The third kappa shape index (κ3) is 4.12. The number of carbonyl (C=O) groups excluding carboxylic acids is 2. The maximum absolute atomic E-state index is 12.4. The molecule has 0 aliphatic heterocycles. The first-order valence-corrected chi connectivity index (χ1v) is 6.28. The molecule has 19 heavy (non-hydrogen) atoms. The van der Waals surface area contributed by atoms with Gasteiger partial charge in [-0.05, 0) is 40.7 Å². The zero-order chi connectivity index (χ0) is 14.6. The minimum absolute atomic E-state index is 0.0690. The third-order valence-corrected chi connectivity index (χ3v) is 2.62. The van der Waals surface area contributed by atoms with Crippen LogP contribution < -0.4 is 0 Å². The lowest BCUT2D eigenvalue weighted by molar-refractivity contribution is -0.144. The van der Waals surface area contributed by atoms with Crippen molar-refractivity contribution < 1.29 is 18.7 Å². The van der Waals surface area contributed by atoms with Crippen LogP contribution in [0.15, 0.2) is 16.7 Å². The van der Waals surface area contributed by atoms with Gasteiger partial charge in [-0.2, -0.15) is 0 Å². The Balaban J connectivity index is 2.92. The molecule has 1 amide bonds. The number of ether oxygens (including phenoxy) is 1. The highest BCUT2D eigenvalue weighted by atomic mass is 16.5. The van der Waals surface area contributed by atoms with Crippen LogP contribution in [0.2, 0.25) is 0 Å². The van der Waals surface area contributed by atoms with Gasteiger partial charge < -0.3 is 14.1 Å². The molecule has 0 saturated carbocycles. The minimum Gasteiger partial charge on any atom is -0.469 e. The maximum Gasteiger partial charge on any atom is 0.325 e.